The monoisotopic (exact) mass is 571 g/mol. The van der Waals surface area contributed by atoms with Gasteiger partial charge in [-0.05, 0) is 48.9 Å². The van der Waals surface area contributed by atoms with Gasteiger partial charge in [-0.25, -0.2) is 22.5 Å². The van der Waals surface area contributed by atoms with E-state index < -0.39 is 39.6 Å². The quantitative estimate of drug-likeness (QED) is 0.230. The molecule has 0 aliphatic carbocycles. The van der Waals surface area contributed by atoms with E-state index in [4.69, 9.17) is 4.74 Å². The Kier molecular flexibility index (Phi) is 7.72. The fourth-order valence-electron chi connectivity index (χ4n) is 3.41. The topological polar surface area (TPSA) is 98.1 Å². The van der Waals surface area contributed by atoms with Crippen LogP contribution in [0.3, 0.4) is 0 Å². The number of benzene rings is 2. The first-order chi connectivity index (χ1) is 18.3. The maximum atomic E-state index is 13.3. The summed E-state index contributed by atoms with van der Waals surface area (Å²) in [6, 6.07) is 13.8. The van der Waals surface area contributed by atoms with Crippen molar-refractivity contribution in [1.29, 1.82) is 0 Å². The molecule has 0 fully saturated rings. The van der Waals surface area contributed by atoms with Crippen LogP contribution in [0.5, 0.6) is 5.75 Å². The molecule has 4 rings (SSSR count). The van der Waals surface area contributed by atoms with E-state index in [-0.39, 0.29) is 28.8 Å². The van der Waals surface area contributed by atoms with Gasteiger partial charge in [0.25, 0.3) is 10.0 Å². The minimum atomic E-state index is -5.06. The van der Waals surface area contributed by atoms with Crippen molar-refractivity contribution in [2.45, 2.75) is 25.0 Å². The molecule has 4 aromatic rings. The van der Waals surface area contributed by atoms with E-state index in [1.807, 2.05) is 0 Å². The lowest BCUT2D eigenvalue weighted by Crippen LogP contribution is -2.21. The third-order valence-electron chi connectivity index (χ3n) is 5.28. The van der Waals surface area contributed by atoms with E-state index in [9.17, 15) is 34.8 Å². The summed E-state index contributed by atoms with van der Waals surface area (Å²) in [6.45, 7) is 1.57. The van der Waals surface area contributed by atoms with Crippen LogP contribution in [0.2, 0.25) is 0 Å². The van der Waals surface area contributed by atoms with Gasteiger partial charge in [-0.1, -0.05) is 18.2 Å². The second-order valence-electron chi connectivity index (χ2n) is 8.06. The molecule has 15 heteroatoms. The lowest BCUT2D eigenvalue weighted by Gasteiger charge is -2.20. The first-order valence-electron chi connectivity index (χ1n) is 11.0. The molecule has 2 aromatic heterocycles. The summed E-state index contributed by atoms with van der Waals surface area (Å²) in [5.41, 5.74) is -0.689. The second-order valence-corrected chi connectivity index (χ2v) is 9.71. The number of halogens is 6. The Balaban J connectivity index is 1.70. The minimum Gasteiger partial charge on any atom is -0.484 e. The molecule has 0 amide bonds. The summed E-state index contributed by atoms with van der Waals surface area (Å²) >= 11 is 0. The zero-order chi connectivity index (χ0) is 28.4. The van der Waals surface area contributed by atoms with Crippen molar-refractivity contribution < 1.29 is 39.5 Å². The molecule has 0 saturated carbocycles. The molecule has 39 heavy (non-hydrogen) atoms. The number of rotatable bonds is 9. The molecule has 0 unspecified atom stereocenters. The summed E-state index contributed by atoms with van der Waals surface area (Å²) in [4.78, 5) is 3.54. The smallest absolute Gasteiger partial charge is 0.433 e. The number of alkyl halides is 5. The fourth-order valence-corrected chi connectivity index (χ4v) is 3.98. The maximum Gasteiger partial charge on any atom is 0.433 e. The second kappa shape index (κ2) is 10.8. The van der Waals surface area contributed by atoms with Crippen molar-refractivity contribution in [3.63, 3.8) is 0 Å². The minimum absolute atomic E-state index is 0.130. The Hall–Kier alpha value is -4.27. The van der Waals surface area contributed by atoms with Crippen molar-refractivity contribution >= 4 is 27.3 Å². The lowest BCUT2D eigenvalue weighted by molar-refractivity contribution is -0.141. The Morgan fingerprint density at radius 2 is 1.72 bits per heavy atom. The number of nitrogens with zero attached hydrogens (tertiary/aromatic N) is 3. The Morgan fingerprint density at radius 1 is 1.00 bits per heavy atom. The van der Waals surface area contributed by atoms with Gasteiger partial charge in [0.1, 0.15) is 35.0 Å². The molecule has 0 spiro atoms. The van der Waals surface area contributed by atoms with Crippen LogP contribution in [0.1, 0.15) is 24.3 Å². The molecule has 206 valence electrons. The molecule has 1 atom stereocenters. The van der Waals surface area contributed by atoms with Gasteiger partial charge in [-0.3, -0.25) is 4.72 Å². The molecule has 0 aliphatic heterocycles. The van der Waals surface area contributed by atoms with Gasteiger partial charge >= 0.3 is 11.9 Å². The Morgan fingerprint density at radius 3 is 2.38 bits per heavy atom. The van der Waals surface area contributed by atoms with Crippen LogP contribution in [0.4, 0.5) is 43.7 Å². The van der Waals surface area contributed by atoms with Crippen LogP contribution in [-0.4, -0.2) is 28.9 Å². The first kappa shape index (κ1) is 27.8. The molecule has 0 saturated heterocycles. The van der Waals surface area contributed by atoms with Crippen molar-refractivity contribution in [2.75, 3.05) is 10.0 Å². The van der Waals surface area contributed by atoms with E-state index in [1.165, 1.54) is 65.5 Å². The third kappa shape index (κ3) is 6.60. The molecule has 8 nitrogen and oxygen atoms in total. The highest BCUT2D eigenvalue weighted by Crippen LogP contribution is 2.34. The van der Waals surface area contributed by atoms with Gasteiger partial charge in [0.2, 0.25) is 0 Å². The summed E-state index contributed by atoms with van der Waals surface area (Å²) < 4.78 is 111. The average Bonchev–Trinajstić information content (AvgIpc) is 3.33. The Labute approximate surface area is 218 Å². The number of hydrogen-bond acceptors (Lipinski definition) is 6. The largest absolute Gasteiger partial charge is 0.484 e. The van der Waals surface area contributed by atoms with Gasteiger partial charge < -0.3 is 10.1 Å². The normalized spacial score (nSPS) is 12.8. The zero-order valence-corrected chi connectivity index (χ0v) is 20.6. The zero-order valence-electron chi connectivity index (χ0n) is 19.8. The van der Waals surface area contributed by atoms with Crippen molar-refractivity contribution in [3.8, 4) is 11.4 Å². The SMILES string of the molecule is C[C@H](Oc1cc(-n2nccc2Nc2cccc(C(F)(F)F)n2)ccc1NS(=O)(=O)C(F)F)c1ccc(F)cc1. The van der Waals surface area contributed by atoms with Gasteiger partial charge in [0.05, 0.1) is 17.6 Å². The predicted molar refractivity (Wildman–Crippen MR) is 130 cm³/mol. The standard InChI is InChI=1S/C24H19F6N5O3S/c1-14(15-5-7-16(25)8-6-15)38-19-13-17(9-10-18(19)34-39(36,37)23(26)27)35-22(11-12-31-35)33-21-4-2-3-20(32-21)24(28,29)30/h2-14,23,34H,1H3,(H,32,33)/t14-/m0/s1. The van der Waals surface area contributed by atoms with E-state index in [2.05, 4.69) is 15.4 Å². The number of anilines is 3. The van der Waals surface area contributed by atoms with Crippen LogP contribution < -0.4 is 14.8 Å². The third-order valence-corrected chi connectivity index (χ3v) is 6.25. The summed E-state index contributed by atoms with van der Waals surface area (Å²) in [5.74, 6) is -4.34. The van der Waals surface area contributed by atoms with Crippen molar-refractivity contribution in [3.05, 3.63) is 90.0 Å². The molecular weight excluding hydrogens is 552 g/mol. The van der Waals surface area contributed by atoms with Crippen LogP contribution in [0, 0.1) is 5.82 Å². The van der Waals surface area contributed by atoms with E-state index in [1.54, 1.807) is 11.6 Å². The van der Waals surface area contributed by atoms with E-state index in [0.29, 0.717) is 5.56 Å². The van der Waals surface area contributed by atoms with E-state index in [0.717, 1.165) is 12.1 Å². The molecular formula is C24H19F6N5O3S. The first-order valence-corrected chi connectivity index (χ1v) is 12.6. The number of ether oxygens (including phenoxy) is 1. The molecule has 2 aromatic carbocycles. The highest BCUT2D eigenvalue weighted by molar-refractivity contribution is 7.93. The van der Waals surface area contributed by atoms with Gasteiger partial charge in [-0.2, -0.15) is 27.1 Å². The van der Waals surface area contributed by atoms with Crippen molar-refractivity contribution in [1.82, 2.24) is 14.8 Å². The maximum absolute atomic E-state index is 13.3. The van der Waals surface area contributed by atoms with Gasteiger partial charge in [0, 0.05) is 12.1 Å². The number of nitrogens with one attached hydrogen (secondary N) is 2. The predicted octanol–water partition coefficient (Wildman–Crippen LogP) is 6.27. The number of aromatic nitrogens is 3. The van der Waals surface area contributed by atoms with Crippen molar-refractivity contribution in [2.24, 2.45) is 0 Å². The lowest BCUT2D eigenvalue weighted by atomic mass is 10.1. The average molecular weight is 572 g/mol. The summed E-state index contributed by atoms with van der Waals surface area (Å²) in [7, 11) is -5.06. The summed E-state index contributed by atoms with van der Waals surface area (Å²) in [6.07, 6.45) is -4.10. The van der Waals surface area contributed by atoms with Crippen LogP contribution in [0.15, 0.2) is 72.9 Å². The van der Waals surface area contributed by atoms with Crippen LogP contribution >= 0.6 is 0 Å². The Bertz CT molecular complexity index is 1560. The summed E-state index contributed by atoms with van der Waals surface area (Å²) in [5, 5.41) is 6.85. The highest BCUT2D eigenvalue weighted by atomic mass is 32.2. The van der Waals surface area contributed by atoms with Crippen LogP contribution in [0.25, 0.3) is 5.69 Å². The van der Waals surface area contributed by atoms with Gasteiger partial charge in [0.15, 0.2) is 0 Å². The fraction of sp³-hybridized carbons (Fsp3) is 0.167. The molecule has 2 N–H and O–H groups in total. The van der Waals surface area contributed by atoms with Crippen LogP contribution in [-0.2, 0) is 16.2 Å². The molecule has 0 bridgehead atoms. The number of sulfonamides is 1. The highest BCUT2D eigenvalue weighted by Gasteiger charge is 2.32. The molecule has 2 heterocycles. The van der Waals surface area contributed by atoms with E-state index >= 15 is 0 Å². The molecule has 0 aliphatic rings. The number of pyridine rings is 1. The molecule has 0 radical (unpaired) electrons. The van der Waals surface area contributed by atoms with Gasteiger partial charge in [-0.15, -0.1) is 0 Å². The number of hydrogen-bond donors (Lipinski definition) is 2.